The minimum Gasteiger partial charge on any atom is -0.492 e. The Morgan fingerprint density at radius 1 is 1.09 bits per heavy atom. The lowest BCUT2D eigenvalue weighted by Crippen LogP contribution is -2.26. The number of hydrogen-bond donors (Lipinski definition) is 1. The van der Waals surface area contributed by atoms with Gasteiger partial charge in [0, 0.05) is 12.5 Å². The Morgan fingerprint density at radius 3 is 2.38 bits per heavy atom. The Balaban J connectivity index is 2.31. The zero-order valence-electron chi connectivity index (χ0n) is 19.8. The number of hydrogen-bond acceptors (Lipinski definition) is 8. The molecule has 2 aromatic carbocycles. The Bertz CT molecular complexity index is 1210. The third-order valence-electron chi connectivity index (χ3n) is 5.50. The number of thioether (sulfide) groups is 1. The Morgan fingerprint density at radius 2 is 1.79 bits per heavy atom. The van der Waals surface area contributed by atoms with Crippen LogP contribution in [0.1, 0.15) is 43.9 Å². The molecule has 0 saturated heterocycles. The molecule has 0 fully saturated rings. The van der Waals surface area contributed by atoms with Gasteiger partial charge in [0.15, 0.2) is 16.9 Å². The van der Waals surface area contributed by atoms with Gasteiger partial charge in [-0.25, -0.2) is 0 Å². The highest BCUT2D eigenvalue weighted by molar-refractivity contribution is 7.98. The number of carbonyl (C=O) groups is 3. The summed E-state index contributed by atoms with van der Waals surface area (Å²) in [5, 5.41) is 2.95. The highest BCUT2D eigenvalue weighted by atomic mass is 32.2. The lowest BCUT2D eigenvalue weighted by molar-refractivity contribution is -0.137. The number of methoxy groups -OCH3 is 2. The van der Waals surface area contributed by atoms with Gasteiger partial charge in [-0.1, -0.05) is 6.07 Å². The second kappa shape index (κ2) is 10.7. The van der Waals surface area contributed by atoms with Crippen molar-refractivity contribution in [2.45, 2.75) is 44.0 Å². The van der Waals surface area contributed by atoms with Crippen molar-refractivity contribution in [1.29, 1.82) is 0 Å². The van der Waals surface area contributed by atoms with Crippen LogP contribution in [0.15, 0.2) is 34.0 Å². The number of rotatable bonds is 7. The predicted molar refractivity (Wildman–Crippen MR) is 129 cm³/mol. The number of Topliss-reactive ketones (excluding diaryl/α,β-unsaturated/α-hetero) is 1. The summed E-state index contributed by atoms with van der Waals surface area (Å²) in [6.45, 7) is 2.74. The Hall–Kier alpha value is -3.33. The summed E-state index contributed by atoms with van der Waals surface area (Å²) in [5.74, 6) is -0.568. The first-order chi connectivity index (χ1) is 16.2. The minimum atomic E-state index is -0.704. The maximum atomic E-state index is 12.8. The van der Waals surface area contributed by atoms with Gasteiger partial charge in [0.2, 0.25) is 11.7 Å². The van der Waals surface area contributed by atoms with E-state index in [9.17, 15) is 19.2 Å². The molecule has 1 aliphatic carbocycles. The highest BCUT2D eigenvalue weighted by Crippen LogP contribution is 2.50. The molecule has 2 aromatic rings. The van der Waals surface area contributed by atoms with E-state index in [4.69, 9.17) is 14.2 Å². The first-order valence-corrected chi connectivity index (χ1v) is 11.9. The lowest BCUT2D eigenvalue weighted by atomic mass is 9.95. The Kier molecular flexibility index (Phi) is 7.98. The molecule has 34 heavy (non-hydrogen) atoms. The molecule has 0 radical (unpaired) electrons. The molecule has 1 atom stereocenters. The zero-order chi connectivity index (χ0) is 25.0. The number of esters is 1. The summed E-state index contributed by atoms with van der Waals surface area (Å²) >= 11 is 1.34. The van der Waals surface area contributed by atoms with Crippen molar-refractivity contribution in [1.82, 2.24) is 5.32 Å². The van der Waals surface area contributed by atoms with Gasteiger partial charge in [0.25, 0.3) is 0 Å². The van der Waals surface area contributed by atoms with E-state index in [0.717, 1.165) is 5.56 Å². The van der Waals surface area contributed by atoms with E-state index >= 15 is 0 Å². The average molecular weight is 486 g/mol. The van der Waals surface area contributed by atoms with Crippen molar-refractivity contribution < 1.29 is 28.6 Å². The molecule has 0 saturated carbocycles. The van der Waals surface area contributed by atoms with Crippen LogP contribution in [0.2, 0.25) is 0 Å². The van der Waals surface area contributed by atoms with Crippen LogP contribution in [0.5, 0.6) is 17.2 Å². The molecule has 9 heteroatoms. The average Bonchev–Trinajstić information content (AvgIpc) is 3.00. The molecule has 3 rings (SSSR count). The van der Waals surface area contributed by atoms with Crippen LogP contribution < -0.4 is 25.0 Å². The molecule has 0 unspecified atom stereocenters. The van der Waals surface area contributed by atoms with Crippen molar-refractivity contribution in [3.8, 4) is 28.4 Å². The summed E-state index contributed by atoms with van der Waals surface area (Å²) in [6, 6.07) is 6.43. The van der Waals surface area contributed by atoms with Gasteiger partial charge >= 0.3 is 5.97 Å². The van der Waals surface area contributed by atoms with E-state index in [1.54, 1.807) is 18.2 Å². The molecule has 8 nitrogen and oxygen atoms in total. The molecule has 0 aliphatic heterocycles. The summed E-state index contributed by atoms with van der Waals surface area (Å²) < 4.78 is 16.7. The van der Waals surface area contributed by atoms with E-state index in [1.165, 1.54) is 39.8 Å². The van der Waals surface area contributed by atoms with Crippen molar-refractivity contribution in [2.24, 2.45) is 0 Å². The number of carbonyl (C=O) groups excluding carboxylic acids is 3. The molecule has 0 aromatic heterocycles. The van der Waals surface area contributed by atoms with Crippen LogP contribution in [0, 0.1) is 0 Å². The SMILES string of the molecule is COc1c(OC(=O)CC(C)=O)cc2c(c1OC)-c1ccc(SC)c(=O)cc1[C@@H](NC(C)=O)CC2. The number of amides is 1. The van der Waals surface area contributed by atoms with Crippen LogP contribution in [0.25, 0.3) is 11.1 Å². The molecule has 1 N–H and O–H groups in total. The number of nitrogens with one attached hydrogen (secondary N) is 1. The van der Waals surface area contributed by atoms with Crippen LogP contribution in [0.4, 0.5) is 0 Å². The van der Waals surface area contributed by atoms with Crippen molar-refractivity contribution >= 4 is 29.4 Å². The summed E-state index contributed by atoms with van der Waals surface area (Å²) in [4.78, 5) is 48.9. The van der Waals surface area contributed by atoms with Gasteiger partial charge in [-0.2, -0.15) is 0 Å². The highest BCUT2D eigenvalue weighted by Gasteiger charge is 2.30. The third-order valence-corrected chi connectivity index (χ3v) is 6.27. The maximum Gasteiger partial charge on any atom is 0.318 e. The van der Waals surface area contributed by atoms with Crippen LogP contribution in [-0.4, -0.2) is 38.1 Å². The topological polar surface area (TPSA) is 108 Å². The number of benzene rings is 1. The Labute approximate surface area is 202 Å². The van der Waals surface area contributed by atoms with Gasteiger partial charge < -0.3 is 19.5 Å². The molecule has 1 aliphatic rings. The van der Waals surface area contributed by atoms with Gasteiger partial charge in [0.05, 0.1) is 25.2 Å². The van der Waals surface area contributed by atoms with Gasteiger partial charge in [-0.05, 0) is 60.9 Å². The number of fused-ring (bicyclic) bond motifs is 3. The van der Waals surface area contributed by atoms with Crippen LogP contribution in [-0.2, 0) is 20.8 Å². The van der Waals surface area contributed by atoms with Crippen LogP contribution in [0.3, 0.4) is 0 Å². The zero-order valence-corrected chi connectivity index (χ0v) is 20.6. The second-order valence-corrected chi connectivity index (χ2v) is 8.75. The molecule has 0 spiro atoms. The normalized spacial score (nSPS) is 14.2. The van der Waals surface area contributed by atoms with Gasteiger partial charge in [-0.3, -0.25) is 19.2 Å². The predicted octanol–water partition coefficient (Wildman–Crippen LogP) is 3.46. The minimum absolute atomic E-state index is 0.137. The van der Waals surface area contributed by atoms with Crippen molar-refractivity contribution in [3.05, 3.63) is 45.6 Å². The fourth-order valence-electron chi connectivity index (χ4n) is 4.15. The first-order valence-electron chi connectivity index (χ1n) is 10.7. The van der Waals surface area contributed by atoms with Gasteiger partial charge in [0.1, 0.15) is 12.2 Å². The largest absolute Gasteiger partial charge is 0.492 e. The summed E-state index contributed by atoms with van der Waals surface area (Å²) in [6.07, 6.45) is 2.47. The smallest absolute Gasteiger partial charge is 0.318 e. The summed E-state index contributed by atoms with van der Waals surface area (Å²) in [5.41, 5.74) is 2.72. The molecule has 1 amide bonds. The van der Waals surface area contributed by atoms with E-state index in [2.05, 4.69) is 5.32 Å². The second-order valence-electron chi connectivity index (χ2n) is 7.90. The quantitative estimate of drug-likeness (QED) is 0.275. The van der Waals surface area contributed by atoms with E-state index in [1.807, 2.05) is 12.3 Å². The van der Waals surface area contributed by atoms with E-state index in [-0.39, 0.29) is 35.0 Å². The monoisotopic (exact) mass is 485 g/mol. The lowest BCUT2D eigenvalue weighted by Gasteiger charge is -2.20. The standard InChI is InChI=1S/C25H27NO7S/c1-13(27)10-22(30)33-20-11-15-6-8-18(26-14(2)28)17-12-19(29)21(34-5)9-7-16(17)23(15)25(32-4)24(20)31-3/h7,9,11-12,18H,6,8,10H2,1-5H3,(H,26,28)/t18-/m0/s1. The summed E-state index contributed by atoms with van der Waals surface area (Å²) in [7, 11) is 2.90. The number of ketones is 1. The molecular weight excluding hydrogens is 458 g/mol. The molecular formula is C25H27NO7S. The third kappa shape index (κ3) is 5.25. The van der Waals surface area contributed by atoms with Crippen molar-refractivity contribution in [2.75, 3.05) is 20.5 Å². The van der Waals surface area contributed by atoms with E-state index in [0.29, 0.717) is 40.2 Å². The number of ether oxygens (including phenoxy) is 3. The fourth-order valence-corrected chi connectivity index (χ4v) is 4.61. The first kappa shape index (κ1) is 25.3. The maximum absolute atomic E-state index is 12.8. The number of aryl methyl sites for hydroxylation is 1. The molecule has 180 valence electrons. The van der Waals surface area contributed by atoms with Gasteiger partial charge in [-0.15, -0.1) is 11.8 Å². The molecule has 0 heterocycles. The fraction of sp³-hybridized carbons (Fsp3) is 0.360. The molecule has 0 bridgehead atoms. The van der Waals surface area contributed by atoms with Crippen LogP contribution >= 0.6 is 11.8 Å². The van der Waals surface area contributed by atoms with Crippen molar-refractivity contribution in [3.63, 3.8) is 0 Å². The van der Waals surface area contributed by atoms with E-state index < -0.39 is 12.0 Å².